The minimum Gasteiger partial charge on any atom is -0.325 e. The van der Waals surface area contributed by atoms with Crippen LogP contribution in [0.5, 0.6) is 0 Å². The van der Waals surface area contributed by atoms with Crippen molar-refractivity contribution >= 4 is 40.4 Å². The van der Waals surface area contributed by atoms with Gasteiger partial charge in [0.2, 0.25) is 11.1 Å². The Bertz CT molecular complexity index is 877. The SMILES string of the molecule is C[C@@H](Sc1n[nH]c(-c2cccs2)n1)C(=O)Nc1ccc([N+](=O)[O-])cc1. The van der Waals surface area contributed by atoms with Crippen molar-refractivity contribution in [1.82, 2.24) is 15.2 Å². The Morgan fingerprint density at radius 1 is 1.36 bits per heavy atom. The van der Waals surface area contributed by atoms with E-state index < -0.39 is 10.2 Å². The Labute approximate surface area is 150 Å². The monoisotopic (exact) mass is 375 g/mol. The van der Waals surface area contributed by atoms with E-state index in [-0.39, 0.29) is 11.6 Å². The van der Waals surface area contributed by atoms with Gasteiger partial charge in [-0.3, -0.25) is 20.0 Å². The molecule has 0 unspecified atom stereocenters. The summed E-state index contributed by atoms with van der Waals surface area (Å²) in [5.74, 6) is 0.432. The average Bonchev–Trinajstić information content (AvgIpc) is 3.26. The number of thiophene rings is 1. The third-order valence-electron chi connectivity index (χ3n) is 3.22. The first-order chi connectivity index (χ1) is 12.0. The molecule has 3 rings (SSSR count). The number of nitrogens with one attached hydrogen (secondary N) is 2. The number of aromatic amines is 1. The zero-order valence-corrected chi connectivity index (χ0v) is 14.6. The lowest BCUT2D eigenvalue weighted by Gasteiger charge is -2.09. The van der Waals surface area contributed by atoms with E-state index in [2.05, 4.69) is 20.5 Å². The zero-order chi connectivity index (χ0) is 17.8. The van der Waals surface area contributed by atoms with Gasteiger partial charge in [0.15, 0.2) is 5.82 Å². The van der Waals surface area contributed by atoms with Gasteiger partial charge < -0.3 is 5.32 Å². The van der Waals surface area contributed by atoms with Gasteiger partial charge in [-0.25, -0.2) is 4.98 Å². The molecule has 25 heavy (non-hydrogen) atoms. The highest BCUT2D eigenvalue weighted by atomic mass is 32.2. The Hall–Kier alpha value is -2.72. The van der Waals surface area contributed by atoms with Crippen LogP contribution in [0.2, 0.25) is 0 Å². The molecule has 0 radical (unpaired) electrons. The molecule has 2 heterocycles. The molecule has 0 saturated heterocycles. The first-order valence-corrected chi connectivity index (χ1v) is 8.97. The number of carbonyl (C=O) groups excluding carboxylic acids is 1. The first kappa shape index (κ1) is 17.1. The Kier molecular flexibility index (Phi) is 5.10. The normalized spacial score (nSPS) is 11.9. The van der Waals surface area contributed by atoms with E-state index in [4.69, 9.17) is 0 Å². The van der Waals surface area contributed by atoms with E-state index in [1.807, 2.05) is 17.5 Å². The largest absolute Gasteiger partial charge is 0.325 e. The second kappa shape index (κ2) is 7.45. The predicted octanol–water partition coefficient (Wildman–Crippen LogP) is 3.56. The minimum atomic E-state index is -0.488. The molecule has 0 fully saturated rings. The number of thioether (sulfide) groups is 1. The molecule has 2 N–H and O–H groups in total. The Balaban J connectivity index is 1.60. The molecule has 8 nitrogen and oxygen atoms in total. The summed E-state index contributed by atoms with van der Waals surface area (Å²) in [6.07, 6.45) is 0. The fourth-order valence-electron chi connectivity index (χ4n) is 1.94. The fraction of sp³-hybridized carbons (Fsp3) is 0.133. The van der Waals surface area contributed by atoms with Crippen molar-refractivity contribution in [2.24, 2.45) is 0 Å². The fourth-order valence-corrected chi connectivity index (χ4v) is 3.33. The molecular formula is C15H13N5O3S2. The van der Waals surface area contributed by atoms with Gasteiger partial charge in [0.1, 0.15) is 0 Å². The predicted molar refractivity (Wildman–Crippen MR) is 96.7 cm³/mol. The molecule has 1 amide bonds. The molecule has 1 aromatic carbocycles. The molecule has 0 aliphatic heterocycles. The zero-order valence-electron chi connectivity index (χ0n) is 13.0. The van der Waals surface area contributed by atoms with Crippen molar-refractivity contribution in [3.63, 3.8) is 0 Å². The lowest BCUT2D eigenvalue weighted by atomic mass is 10.3. The molecule has 10 heteroatoms. The summed E-state index contributed by atoms with van der Waals surface area (Å²) in [6.45, 7) is 1.74. The summed E-state index contributed by atoms with van der Waals surface area (Å²) in [5.41, 5.74) is 0.472. The van der Waals surface area contributed by atoms with Crippen molar-refractivity contribution in [3.8, 4) is 10.7 Å². The van der Waals surface area contributed by atoms with E-state index in [9.17, 15) is 14.9 Å². The third-order valence-corrected chi connectivity index (χ3v) is 5.05. The molecule has 0 aliphatic carbocycles. The van der Waals surface area contributed by atoms with Crippen molar-refractivity contribution in [3.05, 3.63) is 51.9 Å². The van der Waals surface area contributed by atoms with Gasteiger partial charge in [-0.1, -0.05) is 17.8 Å². The minimum absolute atomic E-state index is 0.0257. The standard InChI is InChI=1S/C15H13N5O3S2/c1-9(14(21)16-10-4-6-11(7-5-10)20(22)23)25-15-17-13(18-19-15)12-3-2-8-24-12/h2-9H,1H3,(H,16,21)(H,17,18,19)/t9-/m1/s1. The van der Waals surface area contributed by atoms with E-state index in [0.717, 1.165) is 4.88 Å². The second-order valence-electron chi connectivity index (χ2n) is 5.00. The summed E-state index contributed by atoms with van der Waals surface area (Å²) in [5, 5.41) is 22.3. The molecule has 128 valence electrons. The summed E-state index contributed by atoms with van der Waals surface area (Å²) >= 11 is 2.78. The number of aromatic nitrogens is 3. The van der Waals surface area contributed by atoms with Gasteiger partial charge in [-0.2, -0.15) is 0 Å². The third kappa shape index (κ3) is 4.22. The number of hydrogen-bond donors (Lipinski definition) is 2. The molecule has 0 aliphatic rings. The number of non-ortho nitro benzene ring substituents is 1. The van der Waals surface area contributed by atoms with E-state index in [1.54, 1.807) is 18.3 Å². The molecule has 0 spiro atoms. The Morgan fingerprint density at radius 3 is 2.76 bits per heavy atom. The molecule has 1 atom stereocenters. The molecule has 2 aromatic heterocycles. The number of nitro benzene ring substituents is 1. The number of nitro groups is 1. The number of nitrogens with zero attached hydrogens (tertiary/aromatic N) is 3. The van der Waals surface area contributed by atoms with Gasteiger partial charge in [-0.05, 0) is 30.5 Å². The van der Waals surface area contributed by atoms with Crippen LogP contribution in [0, 0.1) is 10.1 Å². The summed E-state index contributed by atoms with van der Waals surface area (Å²) < 4.78 is 0. The number of H-pyrrole nitrogens is 1. The average molecular weight is 375 g/mol. The maximum Gasteiger partial charge on any atom is 0.269 e. The van der Waals surface area contributed by atoms with E-state index in [1.165, 1.54) is 36.0 Å². The van der Waals surface area contributed by atoms with Gasteiger partial charge in [-0.15, -0.1) is 16.4 Å². The maximum atomic E-state index is 12.2. The van der Waals surface area contributed by atoms with Crippen molar-refractivity contribution < 1.29 is 9.72 Å². The topological polar surface area (TPSA) is 114 Å². The maximum absolute atomic E-state index is 12.2. The first-order valence-electron chi connectivity index (χ1n) is 7.21. The van der Waals surface area contributed by atoms with Crippen LogP contribution in [0.3, 0.4) is 0 Å². The number of anilines is 1. The van der Waals surface area contributed by atoms with Crippen LogP contribution in [-0.2, 0) is 4.79 Å². The van der Waals surface area contributed by atoms with Crippen LogP contribution in [0.25, 0.3) is 10.7 Å². The highest BCUT2D eigenvalue weighted by Gasteiger charge is 2.18. The molecular weight excluding hydrogens is 362 g/mol. The number of benzene rings is 1. The van der Waals surface area contributed by atoms with Crippen LogP contribution in [0.1, 0.15) is 6.92 Å². The van der Waals surface area contributed by atoms with Crippen molar-refractivity contribution in [1.29, 1.82) is 0 Å². The van der Waals surface area contributed by atoms with Gasteiger partial charge in [0.25, 0.3) is 5.69 Å². The van der Waals surface area contributed by atoms with Crippen molar-refractivity contribution in [2.75, 3.05) is 5.32 Å². The van der Waals surface area contributed by atoms with Crippen LogP contribution in [0.4, 0.5) is 11.4 Å². The van der Waals surface area contributed by atoms with Crippen LogP contribution < -0.4 is 5.32 Å². The number of carbonyl (C=O) groups is 1. The number of hydrogen-bond acceptors (Lipinski definition) is 7. The van der Waals surface area contributed by atoms with Crippen LogP contribution >= 0.6 is 23.1 Å². The van der Waals surface area contributed by atoms with Crippen molar-refractivity contribution in [2.45, 2.75) is 17.3 Å². The smallest absolute Gasteiger partial charge is 0.269 e. The molecule has 0 saturated carbocycles. The Morgan fingerprint density at radius 2 is 2.12 bits per heavy atom. The highest BCUT2D eigenvalue weighted by Crippen LogP contribution is 2.26. The lowest BCUT2D eigenvalue weighted by Crippen LogP contribution is -2.22. The number of amides is 1. The van der Waals surface area contributed by atoms with E-state index >= 15 is 0 Å². The highest BCUT2D eigenvalue weighted by molar-refractivity contribution is 8.00. The van der Waals surface area contributed by atoms with Gasteiger partial charge in [0.05, 0.1) is 15.1 Å². The molecule has 0 bridgehead atoms. The quantitative estimate of drug-likeness (QED) is 0.387. The lowest BCUT2D eigenvalue weighted by molar-refractivity contribution is -0.384. The second-order valence-corrected chi connectivity index (χ2v) is 7.25. The van der Waals surface area contributed by atoms with Crippen LogP contribution in [0.15, 0.2) is 46.9 Å². The van der Waals surface area contributed by atoms with Gasteiger partial charge in [0, 0.05) is 17.8 Å². The van der Waals surface area contributed by atoms with E-state index in [0.29, 0.717) is 16.7 Å². The van der Waals surface area contributed by atoms with Crippen LogP contribution in [-0.4, -0.2) is 31.3 Å². The molecule has 3 aromatic rings. The summed E-state index contributed by atoms with van der Waals surface area (Å²) in [4.78, 5) is 27.7. The summed E-state index contributed by atoms with van der Waals surface area (Å²) in [6, 6.07) is 9.54. The summed E-state index contributed by atoms with van der Waals surface area (Å²) in [7, 11) is 0. The van der Waals surface area contributed by atoms with Gasteiger partial charge >= 0.3 is 0 Å². The number of rotatable bonds is 6.